The molecule has 2 aliphatic carbocycles. The lowest BCUT2D eigenvalue weighted by atomic mass is 9.70. The van der Waals surface area contributed by atoms with Crippen LogP contribution in [0.15, 0.2) is 23.3 Å². The summed E-state index contributed by atoms with van der Waals surface area (Å²) in [6.45, 7) is 0. The lowest BCUT2D eigenvalue weighted by molar-refractivity contribution is 0.218. The summed E-state index contributed by atoms with van der Waals surface area (Å²) in [5.74, 6) is 3.11. The number of ether oxygens (including phenoxy) is 2. The second kappa shape index (κ2) is 8.52. The van der Waals surface area contributed by atoms with Crippen LogP contribution in [0.5, 0.6) is 11.5 Å². The second-order valence-corrected chi connectivity index (χ2v) is 7.27. The maximum Gasteiger partial charge on any atom is 0.191 e. The molecule has 2 aliphatic rings. The van der Waals surface area contributed by atoms with Crippen LogP contribution in [0.25, 0.3) is 0 Å². The summed E-state index contributed by atoms with van der Waals surface area (Å²) >= 11 is 5.36. The Morgan fingerprint density at radius 1 is 1.08 bits per heavy atom. The number of fused-ring (bicyclic) bond motifs is 1. The predicted molar refractivity (Wildman–Crippen MR) is 106 cm³/mol. The van der Waals surface area contributed by atoms with E-state index in [1.54, 1.807) is 14.2 Å². The molecule has 0 saturated heterocycles. The molecule has 2 atom stereocenters. The van der Waals surface area contributed by atoms with Gasteiger partial charge in [0.15, 0.2) is 16.6 Å². The molecule has 0 heterocycles. The molecule has 0 unspecified atom stereocenters. The summed E-state index contributed by atoms with van der Waals surface area (Å²) in [5.41, 5.74) is 5.09. The summed E-state index contributed by atoms with van der Waals surface area (Å²) in [6.07, 6.45) is 9.04. The van der Waals surface area contributed by atoms with Gasteiger partial charge < -0.3 is 14.8 Å². The molecule has 0 bridgehead atoms. The number of thiocarbonyl (C=S) groups is 1. The van der Waals surface area contributed by atoms with Gasteiger partial charge in [0.05, 0.1) is 14.2 Å². The minimum absolute atomic E-state index is 0.491. The van der Waals surface area contributed by atoms with Crippen molar-refractivity contribution in [3.63, 3.8) is 0 Å². The van der Waals surface area contributed by atoms with Crippen molar-refractivity contribution in [1.29, 1.82) is 0 Å². The molecular formula is C19H27N3O2S. The third kappa shape index (κ3) is 4.63. The highest BCUT2D eigenvalue weighted by Gasteiger charge is 2.30. The highest BCUT2D eigenvalue weighted by atomic mass is 32.1. The van der Waals surface area contributed by atoms with E-state index in [4.69, 9.17) is 21.7 Å². The van der Waals surface area contributed by atoms with Crippen LogP contribution < -0.4 is 20.2 Å². The molecule has 0 spiro atoms. The van der Waals surface area contributed by atoms with Gasteiger partial charge in [0, 0.05) is 17.5 Å². The lowest BCUT2D eigenvalue weighted by Gasteiger charge is -2.35. The Morgan fingerprint density at radius 3 is 2.60 bits per heavy atom. The summed E-state index contributed by atoms with van der Waals surface area (Å²) < 4.78 is 10.6. The van der Waals surface area contributed by atoms with E-state index in [1.165, 1.54) is 37.8 Å². The summed E-state index contributed by atoms with van der Waals surface area (Å²) in [7, 11) is 3.24. The highest BCUT2D eigenvalue weighted by Crippen LogP contribution is 2.39. The topological polar surface area (TPSA) is 54.9 Å². The molecular weight excluding hydrogens is 334 g/mol. The number of nitrogens with one attached hydrogen (secondary N) is 2. The molecule has 2 fully saturated rings. The third-order valence-corrected chi connectivity index (χ3v) is 5.52. The lowest BCUT2D eigenvalue weighted by Crippen LogP contribution is -2.30. The molecule has 3 rings (SSSR count). The number of hydrogen-bond donors (Lipinski definition) is 2. The minimum Gasteiger partial charge on any atom is -0.493 e. The number of hydrogen-bond acceptors (Lipinski definition) is 4. The van der Waals surface area contributed by atoms with E-state index in [0.717, 1.165) is 30.4 Å². The van der Waals surface area contributed by atoms with Gasteiger partial charge >= 0.3 is 0 Å². The number of nitrogens with zero attached hydrogens (tertiary/aromatic N) is 1. The van der Waals surface area contributed by atoms with E-state index in [-0.39, 0.29) is 0 Å². The molecule has 25 heavy (non-hydrogen) atoms. The Morgan fingerprint density at radius 2 is 1.84 bits per heavy atom. The first-order valence-corrected chi connectivity index (χ1v) is 9.45. The van der Waals surface area contributed by atoms with Crippen molar-refractivity contribution in [2.24, 2.45) is 16.9 Å². The van der Waals surface area contributed by atoms with E-state index < -0.39 is 0 Å². The van der Waals surface area contributed by atoms with E-state index in [0.29, 0.717) is 16.6 Å². The third-order valence-electron chi connectivity index (χ3n) is 5.32. The summed E-state index contributed by atoms with van der Waals surface area (Å²) in [6, 6.07) is 5.60. The van der Waals surface area contributed by atoms with Gasteiger partial charge in [-0.15, -0.1) is 0 Å². The number of benzene rings is 1. The van der Waals surface area contributed by atoms with Crippen molar-refractivity contribution < 1.29 is 9.47 Å². The highest BCUT2D eigenvalue weighted by molar-refractivity contribution is 7.80. The van der Waals surface area contributed by atoms with Gasteiger partial charge in [0.25, 0.3) is 0 Å². The zero-order chi connectivity index (χ0) is 17.6. The fourth-order valence-electron chi connectivity index (χ4n) is 3.99. The SMILES string of the molecule is COc1ccc(NC(=S)N/N=C2\CC[C@H]3CCCC[C@H]3C2)cc1OC. The molecule has 0 aromatic heterocycles. The predicted octanol–water partition coefficient (Wildman–Crippen LogP) is 4.34. The molecule has 1 aromatic carbocycles. The molecule has 0 radical (unpaired) electrons. The number of anilines is 1. The largest absolute Gasteiger partial charge is 0.493 e. The Kier molecular flexibility index (Phi) is 6.13. The fourth-order valence-corrected chi connectivity index (χ4v) is 4.16. The molecule has 0 aliphatic heterocycles. The zero-order valence-corrected chi connectivity index (χ0v) is 15.8. The fraction of sp³-hybridized carbons (Fsp3) is 0.579. The standard InChI is InChI=1S/C19H27N3O2S/c1-23-17-10-9-15(12-18(17)24-2)20-19(25)22-21-16-8-7-13-5-3-4-6-14(13)11-16/h9-10,12-14H,3-8,11H2,1-2H3,(H2,20,22,25)/b21-16+/t13-,14+/m1/s1. The molecule has 6 heteroatoms. The number of hydrazone groups is 1. The van der Waals surface area contributed by atoms with Crippen LogP contribution in [0.2, 0.25) is 0 Å². The minimum atomic E-state index is 0.491. The quantitative estimate of drug-likeness (QED) is 0.617. The van der Waals surface area contributed by atoms with Crippen molar-refractivity contribution in [3.05, 3.63) is 18.2 Å². The Bertz CT molecular complexity index is 648. The van der Waals surface area contributed by atoms with Gasteiger partial charge in [0.1, 0.15) is 0 Å². The van der Waals surface area contributed by atoms with Crippen LogP contribution in [0, 0.1) is 11.8 Å². The van der Waals surface area contributed by atoms with Crippen molar-refractivity contribution in [2.75, 3.05) is 19.5 Å². The first kappa shape index (κ1) is 18.0. The van der Waals surface area contributed by atoms with Crippen LogP contribution in [-0.4, -0.2) is 25.0 Å². The maximum atomic E-state index is 5.36. The number of rotatable bonds is 4. The van der Waals surface area contributed by atoms with Crippen LogP contribution in [-0.2, 0) is 0 Å². The van der Waals surface area contributed by atoms with E-state index in [1.807, 2.05) is 18.2 Å². The smallest absolute Gasteiger partial charge is 0.191 e. The average molecular weight is 362 g/mol. The van der Waals surface area contributed by atoms with Crippen molar-refractivity contribution >= 4 is 28.7 Å². The molecule has 2 saturated carbocycles. The van der Waals surface area contributed by atoms with Crippen LogP contribution >= 0.6 is 12.2 Å². The van der Waals surface area contributed by atoms with Gasteiger partial charge in [-0.3, -0.25) is 5.43 Å². The molecule has 1 aromatic rings. The van der Waals surface area contributed by atoms with Gasteiger partial charge in [-0.2, -0.15) is 5.10 Å². The number of methoxy groups -OCH3 is 2. The van der Waals surface area contributed by atoms with Gasteiger partial charge in [0.2, 0.25) is 0 Å². The average Bonchev–Trinajstić information content (AvgIpc) is 2.66. The normalized spacial score (nSPS) is 24.3. The molecule has 5 nitrogen and oxygen atoms in total. The maximum absolute atomic E-state index is 5.36. The van der Waals surface area contributed by atoms with E-state index in [2.05, 4.69) is 15.8 Å². The second-order valence-electron chi connectivity index (χ2n) is 6.86. The summed E-state index contributed by atoms with van der Waals surface area (Å²) in [4.78, 5) is 0. The van der Waals surface area contributed by atoms with Crippen molar-refractivity contribution in [1.82, 2.24) is 5.43 Å². The first-order valence-electron chi connectivity index (χ1n) is 9.04. The Labute approximate surface area is 155 Å². The Balaban J connectivity index is 1.54. The molecule has 136 valence electrons. The Hall–Kier alpha value is -1.82. The van der Waals surface area contributed by atoms with Gasteiger partial charge in [-0.1, -0.05) is 19.3 Å². The van der Waals surface area contributed by atoms with Gasteiger partial charge in [-0.05, 0) is 61.9 Å². The molecule has 0 amide bonds. The van der Waals surface area contributed by atoms with E-state index in [9.17, 15) is 0 Å². The van der Waals surface area contributed by atoms with Gasteiger partial charge in [-0.25, -0.2) is 0 Å². The first-order chi connectivity index (χ1) is 12.2. The van der Waals surface area contributed by atoms with Crippen LogP contribution in [0.4, 0.5) is 5.69 Å². The molecule has 2 N–H and O–H groups in total. The summed E-state index contributed by atoms with van der Waals surface area (Å²) in [5, 5.41) is 8.19. The monoisotopic (exact) mass is 361 g/mol. The van der Waals surface area contributed by atoms with Crippen LogP contribution in [0.3, 0.4) is 0 Å². The van der Waals surface area contributed by atoms with E-state index >= 15 is 0 Å². The van der Waals surface area contributed by atoms with Crippen LogP contribution in [0.1, 0.15) is 44.9 Å². The van der Waals surface area contributed by atoms with Crippen molar-refractivity contribution in [2.45, 2.75) is 44.9 Å². The van der Waals surface area contributed by atoms with Crippen molar-refractivity contribution in [3.8, 4) is 11.5 Å². The zero-order valence-electron chi connectivity index (χ0n) is 15.0.